The van der Waals surface area contributed by atoms with Gasteiger partial charge >= 0.3 is 5.97 Å². The first-order chi connectivity index (χ1) is 8.49. The number of allylic oxidation sites excluding steroid dienone is 1. The van der Waals surface area contributed by atoms with Gasteiger partial charge in [-0.05, 0) is 32.4 Å². The summed E-state index contributed by atoms with van der Waals surface area (Å²) < 4.78 is 4.88. The summed E-state index contributed by atoms with van der Waals surface area (Å²) in [7, 11) is 0. The van der Waals surface area contributed by atoms with E-state index >= 15 is 0 Å². The molecule has 0 spiro atoms. The van der Waals surface area contributed by atoms with Crippen molar-refractivity contribution in [2.75, 3.05) is 6.61 Å². The van der Waals surface area contributed by atoms with Crippen molar-refractivity contribution in [2.24, 2.45) is 0 Å². The van der Waals surface area contributed by atoms with Crippen LogP contribution in [0.5, 0.6) is 0 Å². The average Bonchev–Trinajstić information content (AvgIpc) is 2.37. The van der Waals surface area contributed by atoms with Crippen molar-refractivity contribution in [3.05, 3.63) is 45.5 Å². The topological polar surface area (TPSA) is 69.4 Å². The number of para-hydroxylation sites is 1. The Kier molecular flexibility index (Phi) is 4.59. The summed E-state index contributed by atoms with van der Waals surface area (Å²) in [5, 5.41) is 10.9. The van der Waals surface area contributed by atoms with E-state index in [4.69, 9.17) is 4.74 Å². The Morgan fingerprint density at radius 2 is 1.94 bits per heavy atom. The quantitative estimate of drug-likeness (QED) is 0.356. The maximum absolute atomic E-state index is 11.6. The van der Waals surface area contributed by atoms with E-state index in [2.05, 4.69) is 0 Å². The second-order valence-electron chi connectivity index (χ2n) is 3.74. The third-order valence-electron chi connectivity index (χ3n) is 2.65. The minimum absolute atomic E-state index is 0.0151. The van der Waals surface area contributed by atoms with Crippen molar-refractivity contribution >= 4 is 17.2 Å². The number of hydrogen-bond acceptors (Lipinski definition) is 4. The van der Waals surface area contributed by atoms with Crippen molar-refractivity contribution in [1.29, 1.82) is 0 Å². The fourth-order valence-corrected chi connectivity index (χ4v) is 1.54. The van der Waals surface area contributed by atoms with Crippen LogP contribution in [-0.2, 0) is 9.53 Å². The number of ether oxygens (including phenoxy) is 1. The average molecular weight is 249 g/mol. The molecule has 0 N–H and O–H groups in total. The first-order valence-electron chi connectivity index (χ1n) is 5.57. The van der Waals surface area contributed by atoms with E-state index < -0.39 is 10.9 Å². The Hall–Kier alpha value is -2.17. The molecule has 0 radical (unpaired) electrons. The zero-order valence-corrected chi connectivity index (χ0v) is 10.6. The van der Waals surface area contributed by atoms with Crippen molar-refractivity contribution < 1.29 is 14.5 Å². The summed E-state index contributed by atoms with van der Waals surface area (Å²) in [6.07, 6.45) is 0. The highest BCUT2D eigenvalue weighted by Crippen LogP contribution is 2.27. The lowest BCUT2D eigenvalue weighted by Gasteiger charge is -2.08. The Labute approximate surface area is 105 Å². The van der Waals surface area contributed by atoms with Crippen LogP contribution in [0.15, 0.2) is 29.8 Å². The minimum Gasteiger partial charge on any atom is -0.463 e. The van der Waals surface area contributed by atoms with Gasteiger partial charge in [0.05, 0.1) is 17.1 Å². The first-order valence-corrected chi connectivity index (χ1v) is 5.57. The number of hydrogen-bond donors (Lipinski definition) is 0. The van der Waals surface area contributed by atoms with Crippen LogP contribution in [0, 0.1) is 10.1 Å². The number of nitrogens with zero attached hydrogens (tertiary/aromatic N) is 1. The van der Waals surface area contributed by atoms with Crippen LogP contribution in [0.25, 0.3) is 5.57 Å². The fraction of sp³-hybridized carbons (Fsp3) is 0.308. The molecule has 0 fully saturated rings. The number of carbonyl (C=O) groups is 1. The van der Waals surface area contributed by atoms with Gasteiger partial charge in [-0.15, -0.1) is 0 Å². The van der Waals surface area contributed by atoms with Gasteiger partial charge in [0.25, 0.3) is 5.69 Å². The van der Waals surface area contributed by atoms with Gasteiger partial charge in [0, 0.05) is 11.6 Å². The maximum atomic E-state index is 11.6. The van der Waals surface area contributed by atoms with Crippen LogP contribution >= 0.6 is 0 Å². The highest BCUT2D eigenvalue weighted by atomic mass is 16.6. The maximum Gasteiger partial charge on any atom is 0.333 e. The van der Waals surface area contributed by atoms with Gasteiger partial charge in [-0.1, -0.05) is 12.1 Å². The zero-order chi connectivity index (χ0) is 13.7. The molecule has 0 aliphatic rings. The predicted molar refractivity (Wildman–Crippen MR) is 68.0 cm³/mol. The molecule has 0 atom stereocenters. The molecule has 18 heavy (non-hydrogen) atoms. The van der Waals surface area contributed by atoms with E-state index in [1.807, 2.05) is 0 Å². The SMILES string of the molecule is CCOC(=O)/C(C)=C(/C)c1ccccc1[N+](=O)[O-]. The van der Waals surface area contributed by atoms with Gasteiger partial charge in [0.2, 0.25) is 0 Å². The lowest BCUT2D eigenvalue weighted by atomic mass is 10.0. The molecule has 0 aliphatic carbocycles. The summed E-state index contributed by atoms with van der Waals surface area (Å²) in [4.78, 5) is 22.0. The highest BCUT2D eigenvalue weighted by Gasteiger charge is 2.18. The first kappa shape index (κ1) is 13.9. The molecule has 0 unspecified atom stereocenters. The molecular formula is C13H15NO4. The highest BCUT2D eigenvalue weighted by molar-refractivity contribution is 5.97. The number of nitro benzene ring substituents is 1. The molecule has 0 saturated heterocycles. The van der Waals surface area contributed by atoms with E-state index in [0.717, 1.165) is 0 Å². The molecular weight excluding hydrogens is 234 g/mol. The van der Waals surface area contributed by atoms with Crippen LogP contribution in [0.3, 0.4) is 0 Å². The molecule has 0 amide bonds. The molecule has 5 heteroatoms. The summed E-state index contributed by atoms with van der Waals surface area (Å²) in [5.74, 6) is -0.451. The van der Waals surface area contributed by atoms with Gasteiger partial charge in [0.15, 0.2) is 0 Å². The van der Waals surface area contributed by atoms with Crippen molar-refractivity contribution in [1.82, 2.24) is 0 Å². The molecule has 0 bridgehead atoms. The largest absolute Gasteiger partial charge is 0.463 e. The lowest BCUT2D eigenvalue weighted by Crippen LogP contribution is -2.07. The number of benzene rings is 1. The molecule has 0 heterocycles. The van der Waals surface area contributed by atoms with Gasteiger partial charge < -0.3 is 4.74 Å². The molecule has 96 valence electrons. The molecule has 0 saturated carbocycles. The number of nitro groups is 1. The molecule has 1 aromatic rings. The standard InChI is InChI=1S/C13H15NO4/c1-4-18-13(15)10(3)9(2)11-7-5-6-8-12(11)14(16)17/h5-8H,4H2,1-3H3/b10-9-. The second kappa shape index (κ2) is 5.95. The van der Waals surface area contributed by atoms with E-state index in [1.54, 1.807) is 39.0 Å². The monoisotopic (exact) mass is 249 g/mol. The third-order valence-corrected chi connectivity index (χ3v) is 2.65. The summed E-state index contributed by atoms with van der Waals surface area (Å²) in [6, 6.07) is 6.33. The van der Waals surface area contributed by atoms with E-state index in [9.17, 15) is 14.9 Å². The molecule has 0 aliphatic heterocycles. The van der Waals surface area contributed by atoms with Crippen molar-refractivity contribution in [3.8, 4) is 0 Å². The second-order valence-corrected chi connectivity index (χ2v) is 3.74. The summed E-state index contributed by atoms with van der Waals surface area (Å²) >= 11 is 0. The molecule has 1 rings (SSSR count). The zero-order valence-electron chi connectivity index (χ0n) is 10.6. The van der Waals surface area contributed by atoms with Crippen LogP contribution in [0.2, 0.25) is 0 Å². The molecule has 5 nitrogen and oxygen atoms in total. The third kappa shape index (κ3) is 2.94. The van der Waals surface area contributed by atoms with Crippen LogP contribution in [-0.4, -0.2) is 17.5 Å². The van der Waals surface area contributed by atoms with E-state index in [1.165, 1.54) is 6.07 Å². The summed E-state index contributed by atoms with van der Waals surface area (Å²) in [6.45, 7) is 5.27. The Morgan fingerprint density at radius 3 is 2.50 bits per heavy atom. The smallest absolute Gasteiger partial charge is 0.333 e. The number of carbonyl (C=O) groups excluding carboxylic acids is 1. The molecule has 1 aromatic carbocycles. The van der Waals surface area contributed by atoms with Crippen LogP contribution < -0.4 is 0 Å². The number of esters is 1. The Balaban J connectivity index is 3.25. The van der Waals surface area contributed by atoms with E-state index in [-0.39, 0.29) is 12.3 Å². The van der Waals surface area contributed by atoms with Crippen LogP contribution in [0.1, 0.15) is 26.3 Å². The minimum atomic E-state index is -0.461. The van der Waals surface area contributed by atoms with Gasteiger partial charge in [-0.3, -0.25) is 10.1 Å². The summed E-state index contributed by atoms with van der Waals surface area (Å²) in [5.41, 5.74) is 1.36. The normalized spacial score (nSPS) is 11.7. The van der Waals surface area contributed by atoms with Gasteiger partial charge in [0.1, 0.15) is 0 Å². The van der Waals surface area contributed by atoms with Gasteiger partial charge in [-0.2, -0.15) is 0 Å². The molecule has 0 aromatic heterocycles. The number of rotatable bonds is 4. The van der Waals surface area contributed by atoms with E-state index in [0.29, 0.717) is 16.7 Å². The van der Waals surface area contributed by atoms with Crippen molar-refractivity contribution in [3.63, 3.8) is 0 Å². The van der Waals surface area contributed by atoms with Gasteiger partial charge in [-0.25, -0.2) is 4.79 Å². The predicted octanol–water partition coefficient (Wildman–Crippen LogP) is 2.95. The Morgan fingerprint density at radius 1 is 1.33 bits per heavy atom. The van der Waals surface area contributed by atoms with Crippen LogP contribution in [0.4, 0.5) is 5.69 Å². The lowest BCUT2D eigenvalue weighted by molar-refractivity contribution is -0.385. The fourth-order valence-electron chi connectivity index (χ4n) is 1.54. The van der Waals surface area contributed by atoms with Crippen molar-refractivity contribution in [2.45, 2.75) is 20.8 Å². The Bertz CT molecular complexity index is 505.